The number of rotatable bonds is 6. The third-order valence-electron chi connectivity index (χ3n) is 2.03. The Morgan fingerprint density at radius 1 is 1.00 bits per heavy atom. The van der Waals surface area contributed by atoms with Gasteiger partial charge < -0.3 is 15.6 Å². The third kappa shape index (κ3) is 6.72. The SMILES string of the molecule is C[Si](C)(C)O[Si](C)(C)CC(CN)CN. The standard InChI is InChI=1S/C9H26N2OSi2/c1-13(2,3)12-14(4,5)8-9(6-10)7-11/h9H,6-8,10-11H2,1-5H3. The minimum atomic E-state index is -1.54. The molecule has 0 rings (SSSR count). The van der Waals surface area contributed by atoms with Crippen LogP contribution in [0.1, 0.15) is 0 Å². The van der Waals surface area contributed by atoms with Crippen LogP contribution in [0, 0.1) is 5.92 Å². The van der Waals surface area contributed by atoms with Gasteiger partial charge in [-0.05, 0) is 57.8 Å². The topological polar surface area (TPSA) is 61.3 Å². The first kappa shape index (κ1) is 14.3. The van der Waals surface area contributed by atoms with Gasteiger partial charge in [0.15, 0.2) is 16.6 Å². The number of hydrogen-bond acceptors (Lipinski definition) is 3. The van der Waals surface area contributed by atoms with Crippen LogP contribution in [0.5, 0.6) is 0 Å². The van der Waals surface area contributed by atoms with Gasteiger partial charge in [0, 0.05) is 0 Å². The zero-order chi connectivity index (χ0) is 11.4. The molecule has 0 aliphatic heterocycles. The van der Waals surface area contributed by atoms with E-state index in [1.165, 1.54) is 0 Å². The molecule has 3 nitrogen and oxygen atoms in total. The van der Waals surface area contributed by atoms with E-state index < -0.39 is 16.6 Å². The Bertz CT molecular complexity index is 165. The molecule has 5 heteroatoms. The molecule has 0 aromatic carbocycles. The van der Waals surface area contributed by atoms with Crippen LogP contribution in [0.4, 0.5) is 0 Å². The van der Waals surface area contributed by atoms with E-state index in [9.17, 15) is 0 Å². The molecular weight excluding hydrogens is 208 g/mol. The first-order valence-electron chi connectivity index (χ1n) is 5.30. The van der Waals surface area contributed by atoms with Crippen molar-refractivity contribution in [3.8, 4) is 0 Å². The molecule has 0 saturated carbocycles. The van der Waals surface area contributed by atoms with Gasteiger partial charge in [0.1, 0.15) is 0 Å². The fourth-order valence-electron chi connectivity index (χ4n) is 1.83. The largest absolute Gasteiger partial charge is 0.456 e. The Kier molecular flexibility index (Phi) is 5.53. The number of hydrogen-bond donors (Lipinski definition) is 2. The number of nitrogens with two attached hydrogens (primary N) is 2. The molecule has 0 spiro atoms. The van der Waals surface area contributed by atoms with E-state index in [2.05, 4.69) is 32.7 Å². The smallest absolute Gasteiger partial charge is 0.173 e. The second kappa shape index (κ2) is 5.41. The van der Waals surface area contributed by atoms with Crippen molar-refractivity contribution in [2.75, 3.05) is 13.1 Å². The van der Waals surface area contributed by atoms with Crippen molar-refractivity contribution in [2.45, 2.75) is 38.8 Å². The lowest BCUT2D eigenvalue weighted by Crippen LogP contribution is -2.45. The van der Waals surface area contributed by atoms with Gasteiger partial charge in [-0.2, -0.15) is 0 Å². The predicted molar refractivity (Wildman–Crippen MR) is 68.3 cm³/mol. The average Bonchev–Trinajstić information content (AvgIpc) is 1.95. The monoisotopic (exact) mass is 234 g/mol. The lowest BCUT2D eigenvalue weighted by atomic mass is 10.2. The summed E-state index contributed by atoms with van der Waals surface area (Å²) in [5.41, 5.74) is 11.3. The Morgan fingerprint density at radius 3 is 1.71 bits per heavy atom. The summed E-state index contributed by atoms with van der Waals surface area (Å²) in [5.74, 6) is 0.438. The molecule has 0 aliphatic carbocycles. The maximum atomic E-state index is 6.23. The van der Waals surface area contributed by atoms with Gasteiger partial charge in [0.05, 0.1) is 0 Å². The molecule has 0 aliphatic rings. The van der Waals surface area contributed by atoms with Crippen molar-refractivity contribution >= 4 is 16.6 Å². The van der Waals surface area contributed by atoms with Crippen LogP contribution >= 0.6 is 0 Å². The maximum Gasteiger partial charge on any atom is 0.173 e. The highest BCUT2D eigenvalue weighted by Gasteiger charge is 2.31. The van der Waals surface area contributed by atoms with Gasteiger partial charge in [-0.3, -0.25) is 0 Å². The highest BCUT2D eigenvalue weighted by atomic mass is 28.4. The summed E-state index contributed by atoms with van der Waals surface area (Å²) in [7, 11) is -2.95. The lowest BCUT2D eigenvalue weighted by molar-refractivity contribution is 0.508. The van der Waals surface area contributed by atoms with Gasteiger partial charge in [0.25, 0.3) is 0 Å². The third-order valence-corrected chi connectivity index (χ3v) is 8.25. The summed E-state index contributed by atoms with van der Waals surface area (Å²) in [6.45, 7) is 12.6. The van der Waals surface area contributed by atoms with Crippen LogP contribution in [0.15, 0.2) is 0 Å². The van der Waals surface area contributed by atoms with E-state index in [-0.39, 0.29) is 0 Å². The Labute approximate surface area is 90.5 Å². The van der Waals surface area contributed by atoms with Crippen molar-refractivity contribution in [3.05, 3.63) is 0 Å². The van der Waals surface area contributed by atoms with E-state index in [4.69, 9.17) is 15.6 Å². The molecule has 4 N–H and O–H groups in total. The van der Waals surface area contributed by atoms with Crippen molar-refractivity contribution in [1.82, 2.24) is 0 Å². The maximum absolute atomic E-state index is 6.23. The predicted octanol–water partition coefficient (Wildman–Crippen LogP) is 1.58. The van der Waals surface area contributed by atoms with Crippen LogP contribution < -0.4 is 11.5 Å². The fraction of sp³-hybridized carbons (Fsp3) is 1.00. The molecule has 14 heavy (non-hydrogen) atoms. The Morgan fingerprint density at radius 2 is 1.43 bits per heavy atom. The van der Waals surface area contributed by atoms with Gasteiger partial charge in [-0.25, -0.2) is 0 Å². The molecule has 0 heterocycles. The molecule has 86 valence electrons. The first-order valence-corrected chi connectivity index (χ1v) is 11.8. The Balaban J connectivity index is 4.18. The minimum Gasteiger partial charge on any atom is -0.456 e. The van der Waals surface area contributed by atoms with Gasteiger partial charge >= 0.3 is 0 Å². The summed E-state index contributed by atoms with van der Waals surface area (Å²) < 4.78 is 6.23. The molecule has 0 atom stereocenters. The first-order chi connectivity index (χ1) is 6.20. The van der Waals surface area contributed by atoms with Crippen molar-refractivity contribution < 1.29 is 4.12 Å². The highest BCUT2D eigenvalue weighted by Crippen LogP contribution is 2.21. The van der Waals surface area contributed by atoms with Crippen molar-refractivity contribution in [1.29, 1.82) is 0 Å². The quantitative estimate of drug-likeness (QED) is 0.686. The molecule has 0 bridgehead atoms. The zero-order valence-corrected chi connectivity index (χ0v) is 12.3. The van der Waals surface area contributed by atoms with E-state index in [0.29, 0.717) is 19.0 Å². The van der Waals surface area contributed by atoms with E-state index in [0.717, 1.165) is 6.04 Å². The summed E-state index contributed by atoms with van der Waals surface area (Å²) >= 11 is 0. The van der Waals surface area contributed by atoms with Crippen LogP contribution in [0.2, 0.25) is 38.8 Å². The highest BCUT2D eigenvalue weighted by molar-refractivity contribution is 6.84. The van der Waals surface area contributed by atoms with Gasteiger partial charge in [-0.1, -0.05) is 0 Å². The molecule has 0 saturated heterocycles. The molecule has 0 radical (unpaired) electrons. The molecule has 0 fully saturated rings. The minimum absolute atomic E-state index is 0.438. The summed E-state index contributed by atoms with van der Waals surface area (Å²) in [4.78, 5) is 0. The summed E-state index contributed by atoms with van der Waals surface area (Å²) in [5, 5.41) is 0. The molecular formula is C9H26N2OSi2. The van der Waals surface area contributed by atoms with Gasteiger partial charge in [0.2, 0.25) is 0 Å². The molecule has 0 amide bonds. The fourth-order valence-corrected chi connectivity index (χ4v) is 10.5. The summed E-state index contributed by atoms with van der Waals surface area (Å²) in [6.07, 6.45) is 0. The second-order valence-corrected chi connectivity index (χ2v) is 14.5. The van der Waals surface area contributed by atoms with E-state index >= 15 is 0 Å². The normalized spacial score (nSPS) is 13.7. The van der Waals surface area contributed by atoms with E-state index in [1.54, 1.807) is 0 Å². The molecule has 0 unspecified atom stereocenters. The summed E-state index contributed by atoms with van der Waals surface area (Å²) in [6, 6.07) is 1.09. The molecule has 0 aromatic heterocycles. The van der Waals surface area contributed by atoms with Crippen molar-refractivity contribution in [3.63, 3.8) is 0 Å². The lowest BCUT2D eigenvalue weighted by Gasteiger charge is -2.33. The van der Waals surface area contributed by atoms with Crippen LogP contribution in [0.3, 0.4) is 0 Å². The van der Waals surface area contributed by atoms with Crippen LogP contribution in [0.25, 0.3) is 0 Å². The van der Waals surface area contributed by atoms with E-state index in [1.807, 2.05) is 0 Å². The van der Waals surface area contributed by atoms with Crippen LogP contribution in [-0.2, 0) is 4.12 Å². The zero-order valence-electron chi connectivity index (χ0n) is 10.3. The average molecular weight is 234 g/mol. The Hall–Kier alpha value is 0.314. The molecule has 0 aromatic rings. The van der Waals surface area contributed by atoms with Crippen molar-refractivity contribution in [2.24, 2.45) is 17.4 Å². The van der Waals surface area contributed by atoms with Crippen LogP contribution in [-0.4, -0.2) is 29.7 Å². The second-order valence-electron chi connectivity index (χ2n) is 5.52. The van der Waals surface area contributed by atoms with Gasteiger partial charge in [-0.15, -0.1) is 0 Å².